The first kappa shape index (κ1) is 34.2. The number of amides is 3. The van der Waals surface area contributed by atoms with Gasteiger partial charge in [-0.1, -0.05) is 12.1 Å². The number of benzene rings is 2. The summed E-state index contributed by atoms with van der Waals surface area (Å²) in [5.41, 5.74) is 1.06. The number of rotatable bonds is 11. The Morgan fingerprint density at radius 1 is 1.11 bits per heavy atom. The number of hydrogen-bond acceptors (Lipinski definition) is 10. The number of cyclic esters (lactones) is 1. The molecule has 3 amide bonds. The zero-order valence-corrected chi connectivity index (χ0v) is 25.9. The van der Waals surface area contributed by atoms with Crippen molar-refractivity contribution in [3.05, 3.63) is 59.4 Å². The van der Waals surface area contributed by atoms with E-state index in [9.17, 15) is 43.3 Å². The second kappa shape index (κ2) is 14.6. The molecule has 0 saturated carbocycles. The van der Waals surface area contributed by atoms with Crippen LogP contribution >= 0.6 is 16.0 Å². The lowest BCUT2D eigenvalue weighted by Gasteiger charge is -2.36. The van der Waals surface area contributed by atoms with Crippen molar-refractivity contribution in [2.45, 2.75) is 24.8 Å². The number of carbonyl (C=O) groups excluding carboxylic acids is 4. The Morgan fingerprint density at radius 3 is 2.36 bits per heavy atom. The van der Waals surface area contributed by atoms with Gasteiger partial charge in [-0.15, -0.1) is 0 Å². The molecule has 0 radical (unpaired) electrons. The van der Waals surface area contributed by atoms with Crippen molar-refractivity contribution in [1.82, 2.24) is 10.2 Å². The number of piperazine rings is 1. The third-order valence-corrected chi connectivity index (χ3v) is 10.5. The van der Waals surface area contributed by atoms with Crippen molar-refractivity contribution in [3.63, 3.8) is 0 Å². The molecule has 2 heterocycles. The Bertz CT molecular complexity index is 1470. The van der Waals surface area contributed by atoms with E-state index in [1.54, 1.807) is 17.0 Å². The summed E-state index contributed by atoms with van der Waals surface area (Å²) in [6, 6.07) is 9.84. The van der Waals surface area contributed by atoms with Crippen molar-refractivity contribution in [2.24, 2.45) is 0 Å². The number of carbonyl (C=O) groups is 4. The van der Waals surface area contributed by atoms with Gasteiger partial charge < -0.3 is 44.2 Å². The zero-order valence-electron chi connectivity index (χ0n) is 24.1. The van der Waals surface area contributed by atoms with Gasteiger partial charge in [0, 0.05) is 33.1 Å². The summed E-state index contributed by atoms with van der Waals surface area (Å²) in [4.78, 5) is 90.3. The highest BCUT2D eigenvalue weighted by molar-refractivity contribution is 7.68. The SMILES string of the molecule is CC(=O)NC[C@H]1CN(c2ccc(N3CCN(C(=O)COC(=O)c4ccc(CC(P(O)O)P(=O)(O)O)cc4)CC3)c(F)c2)C(=O)O1. The number of nitrogens with zero attached hydrogens (tertiary/aromatic N) is 3. The fraction of sp³-hybridized carbons (Fsp3) is 0.407. The summed E-state index contributed by atoms with van der Waals surface area (Å²) in [6.07, 6.45) is -1.51. The molecular weight excluding hydrogens is 637 g/mol. The summed E-state index contributed by atoms with van der Waals surface area (Å²) >= 11 is 0. The third kappa shape index (κ3) is 8.97. The number of halogens is 1. The molecule has 0 bridgehead atoms. The van der Waals surface area contributed by atoms with Crippen LogP contribution in [0.1, 0.15) is 22.8 Å². The highest BCUT2D eigenvalue weighted by Gasteiger charge is 2.36. The largest absolute Gasteiger partial charge is 0.452 e. The van der Waals surface area contributed by atoms with E-state index in [0.717, 1.165) is 0 Å². The van der Waals surface area contributed by atoms with E-state index in [-0.39, 0.29) is 44.1 Å². The lowest BCUT2D eigenvalue weighted by atomic mass is 10.1. The fourth-order valence-electron chi connectivity index (χ4n) is 4.84. The molecule has 45 heavy (non-hydrogen) atoms. The summed E-state index contributed by atoms with van der Waals surface area (Å²) in [5, 5.41) is 0.920. The molecule has 5 N–H and O–H groups in total. The number of esters is 1. The molecule has 0 aliphatic carbocycles. The van der Waals surface area contributed by atoms with Gasteiger partial charge in [-0.05, 0) is 42.3 Å². The quantitative estimate of drug-likeness (QED) is 0.169. The van der Waals surface area contributed by atoms with Crippen LogP contribution in [0, 0.1) is 5.82 Å². The minimum absolute atomic E-state index is 0.0868. The second-order valence-electron chi connectivity index (χ2n) is 10.4. The molecule has 2 aromatic rings. The van der Waals surface area contributed by atoms with Crippen molar-refractivity contribution in [2.75, 3.05) is 55.7 Å². The first-order chi connectivity index (χ1) is 21.2. The molecule has 1 unspecified atom stereocenters. The molecule has 2 fully saturated rings. The molecule has 15 nitrogen and oxygen atoms in total. The first-order valence-corrected chi connectivity index (χ1v) is 16.8. The lowest BCUT2D eigenvalue weighted by Crippen LogP contribution is -2.50. The van der Waals surface area contributed by atoms with E-state index in [0.29, 0.717) is 30.0 Å². The Kier molecular flexibility index (Phi) is 11.1. The number of nitrogens with one attached hydrogen (secondary N) is 1. The van der Waals surface area contributed by atoms with Gasteiger partial charge in [0.25, 0.3) is 5.91 Å². The summed E-state index contributed by atoms with van der Waals surface area (Å²) in [5.74, 6) is -2.05. The fourth-order valence-corrected chi connectivity index (χ4v) is 6.74. The summed E-state index contributed by atoms with van der Waals surface area (Å²) < 4.78 is 36.9. The standard InChI is InChI=1S/C27H33FN4O11P2/c1-17(33)29-14-21-15-32(27(36)43-21)20-6-7-23(22(28)13-20)30-8-10-31(11-9-30)24(34)16-42-26(35)19-4-2-18(3-5-19)12-25(44(37)38)45(39,40)41/h2-7,13,21,25,37-38H,8-12,14-16H2,1H3,(H,29,33)(H2,39,40,41)/t21-,25?/m0/s1. The van der Waals surface area contributed by atoms with Crippen molar-refractivity contribution < 1.29 is 57.2 Å². The monoisotopic (exact) mass is 670 g/mol. The van der Waals surface area contributed by atoms with Gasteiger partial charge in [0.05, 0.1) is 30.0 Å². The molecule has 2 saturated heterocycles. The Morgan fingerprint density at radius 2 is 1.78 bits per heavy atom. The van der Waals surface area contributed by atoms with Crippen LogP contribution in [0.4, 0.5) is 20.6 Å². The molecule has 2 atom stereocenters. The predicted octanol–water partition coefficient (Wildman–Crippen LogP) is 1.14. The van der Waals surface area contributed by atoms with Crippen LogP contribution in [0.15, 0.2) is 42.5 Å². The second-order valence-corrected chi connectivity index (χ2v) is 13.9. The molecule has 2 aromatic carbocycles. The Labute approximate surface area is 258 Å². The average Bonchev–Trinajstić information content (AvgIpc) is 3.37. The molecule has 18 heteroatoms. The average molecular weight is 671 g/mol. The van der Waals surface area contributed by atoms with Crippen LogP contribution in [0.3, 0.4) is 0 Å². The highest BCUT2D eigenvalue weighted by Crippen LogP contribution is 2.56. The van der Waals surface area contributed by atoms with Gasteiger partial charge in [0.2, 0.25) is 5.91 Å². The van der Waals surface area contributed by atoms with Gasteiger partial charge in [-0.25, -0.2) is 14.0 Å². The molecular formula is C27H33FN4O11P2. The number of ether oxygens (including phenoxy) is 2. The van der Waals surface area contributed by atoms with Crippen molar-refractivity contribution in [3.8, 4) is 0 Å². The van der Waals surface area contributed by atoms with E-state index in [2.05, 4.69) is 5.32 Å². The van der Waals surface area contributed by atoms with E-state index >= 15 is 4.39 Å². The van der Waals surface area contributed by atoms with Crippen LogP contribution in [-0.4, -0.2) is 106 Å². The molecule has 4 rings (SSSR count). The highest BCUT2D eigenvalue weighted by atomic mass is 31.2. The molecule has 0 spiro atoms. The first-order valence-electron chi connectivity index (χ1n) is 13.8. The van der Waals surface area contributed by atoms with Crippen LogP contribution in [0.25, 0.3) is 0 Å². The van der Waals surface area contributed by atoms with Gasteiger partial charge in [-0.3, -0.25) is 19.1 Å². The topological polar surface area (TPSA) is 206 Å². The Hall–Kier alpha value is -3.65. The Balaban J connectivity index is 1.25. The van der Waals surface area contributed by atoms with Crippen LogP contribution in [-0.2, 0) is 30.0 Å². The number of anilines is 2. The van der Waals surface area contributed by atoms with E-state index < -0.39 is 57.9 Å². The summed E-state index contributed by atoms with van der Waals surface area (Å²) in [6.45, 7) is 2.23. The third-order valence-electron chi connectivity index (χ3n) is 7.26. The smallest absolute Gasteiger partial charge is 0.414 e. The van der Waals surface area contributed by atoms with Crippen LogP contribution in [0.2, 0.25) is 0 Å². The van der Waals surface area contributed by atoms with Crippen molar-refractivity contribution in [1.29, 1.82) is 0 Å². The minimum atomic E-state index is -4.76. The predicted molar refractivity (Wildman–Crippen MR) is 159 cm³/mol. The maximum Gasteiger partial charge on any atom is 0.414 e. The van der Waals surface area contributed by atoms with Crippen molar-refractivity contribution >= 4 is 51.2 Å². The zero-order chi connectivity index (χ0) is 32.9. The minimum Gasteiger partial charge on any atom is -0.452 e. The molecule has 2 aliphatic heterocycles. The number of hydrogen-bond donors (Lipinski definition) is 5. The van der Waals surface area contributed by atoms with Gasteiger partial charge in [-0.2, -0.15) is 0 Å². The van der Waals surface area contributed by atoms with E-state index in [1.165, 1.54) is 47.1 Å². The molecule has 244 valence electrons. The lowest BCUT2D eigenvalue weighted by molar-refractivity contribution is -0.134. The summed E-state index contributed by atoms with van der Waals surface area (Å²) in [7, 11) is -7.64. The van der Waals surface area contributed by atoms with Gasteiger partial charge >= 0.3 is 19.7 Å². The van der Waals surface area contributed by atoms with Gasteiger partial charge in [0.1, 0.15) is 17.3 Å². The van der Waals surface area contributed by atoms with Gasteiger partial charge in [0.15, 0.2) is 15.0 Å². The van der Waals surface area contributed by atoms with Crippen LogP contribution < -0.4 is 15.1 Å². The maximum absolute atomic E-state index is 15.1. The molecule has 0 aromatic heterocycles. The maximum atomic E-state index is 15.1. The van der Waals surface area contributed by atoms with Crippen LogP contribution in [0.5, 0.6) is 0 Å². The normalized spacial score (nSPS) is 17.7. The van der Waals surface area contributed by atoms with E-state index in [1.807, 2.05) is 0 Å². The van der Waals surface area contributed by atoms with E-state index in [4.69, 9.17) is 9.47 Å². The molecule has 2 aliphatic rings.